The summed E-state index contributed by atoms with van der Waals surface area (Å²) in [4.78, 5) is 19.9. The van der Waals surface area contributed by atoms with Gasteiger partial charge in [0.2, 0.25) is 0 Å². The van der Waals surface area contributed by atoms with Crippen LogP contribution in [0, 0.1) is 26.6 Å². The molecule has 0 saturated carbocycles. The van der Waals surface area contributed by atoms with E-state index in [1.165, 1.54) is 23.5 Å². The average Bonchev–Trinajstić information content (AvgIpc) is 3.00. The van der Waals surface area contributed by atoms with Gasteiger partial charge in [-0.15, -0.1) is 11.3 Å². The van der Waals surface area contributed by atoms with Gasteiger partial charge in [-0.2, -0.15) is 0 Å². The van der Waals surface area contributed by atoms with E-state index in [1.54, 1.807) is 17.7 Å². The molecule has 0 aliphatic heterocycles. The van der Waals surface area contributed by atoms with Gasteiger partial charge >= 0.3 is 0 Å². The van der Waals surface area contributed by atoms with E-state index < -0.39 is 0 Å². The Balaban J connectivity index is 1.98. The lowest BCUT2D eigenvalue weighted by Gasteiger charge is -2.12. The number of halogens is 1. The van der Waals surface area contributed by atoms with Gasteiger partial charge in [-0.05, 0) is 50.6 Å². The fourth-order valence-electron chi connectivity index (χ4n) is 3.64. The zero-order valence-corrected chi connectivity index (χ0v) is 17.6. The summed E-state index contributed by atoms with van der Waals surface area (Å²) >= 11 is 1.50. The normalized spacial score (nSPS) is 11.2. The predicted molar refractivity (Wildman–Crippen MR) is 116 cm³/mol. The van der Waals surface area contributed by atoms with Crippen LogP contribution in [-0.4, -0.2) is 16.7 Å². The van der Waals surface area contributed by atoms with Crippen molar-refractivity contribution in [2.24, 2.45) is 0 Å². The van der Waals surface area contributed by atoms with Gasteiger partial charge in [0.1, 0.15) is 22.2 Å². The second-order valence-corrected chi connectivity index (χ2v) is 8.30. The van der Waals surface area contributed by atoms with E-state index in [1.807, 2.05) is 45.0 Å². The largest absolute Gasteiger partial charge is 0.496 e. The third kappa shape index (κ3) is 3.44. The molecule has 0 fully saturated rings. The highest BCUT2D eigenvalue weighted by atomic mass is 32.1. The fourth-order valence-corrected chi connectivity index (χ4v) is 4.72. The molecule has 148 valence electrons. The highest BCUT2D eigenvalue weighted by Gasteiger charge is 2.21. The highest BCUT2D eigenvalue weighted by Crippen LogP contribution is 2.40. The van der Waals surface area contributed by atoms with Crippen LogP contribution in [0.1, 0.15) is 21.8 Å². The smallest absolute Gasteiger partial charge is 0.263 e. The number of methoxy groups -OCH3 is 1. The Bertz CT molecular complexity index is 1290. The maximum Gasteiger partial charge on any atom is 0.263 e. The summed E-state index contributed by atoms with van der Waals surface area (Å²) in [6, 6.07) is 12.2. The summed E-state index contributed by atoms with van der Waals surface area (Å²) in [6.07, 6.45) is 0. The molecule has 0 saturated heterocycles. The lowest BCUT2D eigenvalue weighted by atomic mass is 10.0. The van der Waals surface area contributed by atoms with Crippen LogP contribution in [0.15, 0.2) is 47.3 Å². The van der Waals surface area contributed by atoms with Crippen molar-refractivity contribution in [1.29, 1.82) is 0 Å². The van der Waals surface area contributed by atoms with Gasteiger partial charge in [-0.3, -0.25) is 9.36 Å². The molecule has 0 radical (unpaired) electrons. The average molecular weight is 408 g/mol. The predicted octanol–water partition coefficient (Wildman–Crippen LogP) is 5.25. The Kier molecular flexibility index (Phi) is 4.96. The molecular weight excluding hydrogens is 387 g/mol. The maximum absolute atomic E-state index is 13.6. The van der Waals surface area contributed by atoms with Crippen LogP contribution in [0.3, 0.4) is 0 Å². The Morgan fingerprint density at radius 3 is 2.66 bits per heavy atom. The summed E-state index contributed by atoms with van der Waals surface area (Å²) in [7, 11) is 1.63. The number of rotatable bonds is 4. The summed E-state index contributed by atoms with van der Waals surface area (Å²) in [5.74, 6) is 1.00. The molecule has 2 aromatic carbocycles. The van der Waals surface area contributed by atoms with Crippen LogP contribution in [0.25, 0.3) is 21.3 Å². The van der Waals surface area contributed by atoms with Crippen LogP contribution in [0.2, 0.25) is 0 Å². The van der Waals surface area contributed by atoms with E-state index in [2.05, 4.69) is 4.98 Å². The Hall–Kier alpha value is -2.99. The number of aromatic nitrogens is 2. The molecule has 0 bridgehead atoms. The quantitative estimate of drug-likeness (QED) is 0.463. The molecule has 0 atom stereocenters. The maximum atomic E-state index is 13.6. The minimum Gasteiger partial charge on any atom is -0.496 e. The van der Waals surface area contributed by atoms with Crippen LogP contribution in [0.4, 0.5) is 4.39 Å². The number of benzene rings is 2. The van der Waals surface area contributed by atoms with Crippen molar-refractivity contribution in [1.82, 2.24) is 9.55 Å². The van der Waals surface area contributed by atoms with E-state index in [-0.39, 0.29) is 17.9 Å². The molecule has 0 N–H and O–H groups in total. The molecule has 0 aliphatic carbocycles. The lowest BCUT2D eigenvalue weighted by molar-refractivity contribution is 0.416. The second kappa shape index (κ2) is 7.44. The highest BCUT2D eigenvalue weighted by molar-refractivity contribution is 7.19. The van der Waals surface area contributed by atoms with Crippen molar-refractivity contribution in [3.8, 4) is 16.9 Å². The first-order valence-electron chi connectivity index (χ1n) is 9.29. The van der Waals surface area contributed by atoms with E-state index >= 15 is 0 Å². The van der Waals surface area contributed by atoms with E-state index in [4.69, 9.17) is 4.74 Å². The van der Waals surface area contributed by atoms with E-state index in [0.717, 1.165) is 32.9 Å². The third-order valence-electron chi connectivity index (χ3n) is 5.03. The molecule has 2 heterocycles. The van der Waals surface area contributed by atoms with Crippen molar-refractivity contribution in [3.05, 3.63) is 80.5 Å². The van der Waals surface area contributed by atoms with Crippen molar-refractivity contribution >= 4 is 21.6 Å². The minimum atomic E-state index is -0.321. The Morgan fingerprint density at radius 1 is 1.14 bits per heavy atom. The molecule has 0 aliphatic rings. The van der Waals surface area contributed by atoms with Gasteiger partial charge in [0, 0.05) is 16.0 Å². The van der Waals surface area contributed by atoms with Gasteiger partial charge in [0.25, 0.3) is 5.56 Å². The molecule has 2 aromatic heterocycles. The molecule has 29 heavy (non-hydrogen) atoms. The molecule has 0 spiro atoms. The zero-order valence-electron chi connectivity index (χ0n) is 16.7. The van der Waals surface area contributed by atoms with Gasteiger partial charge in [0.05, 0.1) is 19.0 Å². The first kappa shape index (κ1) is 19.3. The topological polar surface area (TPSA) is 44.1 Å². The first-order valence-corrected chi connectivity index (χ1v) is 10.1. The molecular formula is C23H21FN2O2S. The molecule has 4 rings (SSSR count). The number of ether oxygens (including phenoxy) is 1. The summed E-state index contributed by atoms with van der Waals surface area (Å²) in [6.45, 7) is 6.08. The second-order valence-electron chi connectivity index (χ2n) is 7.10. The van der Waals surface area contributed by atoms with Crippen LogP contribution in [0.5, 0.6) is 5.75 Å². The van der Waals surface area contributed by atoms with Crippen molar-refractivity contribution < 1.29 is 9.13 Å². The van der Waals surface area contributed by atoms with Crippen LogP contribution < -0.4 is 10.3 Å². The number of thiophene rings is 1. The third-order valence-corrected chi connectivity index (χ3v) is 6.03. The summed E-state index contributed by atoms with van der Waals surface area (Å²) < 4.78 is 20.8. The van der Waals surface area contributed by atoms with Gasteiger partial charge in [-0.1, -0.05) is 23.8 Å². The van der Waals surface area contributed by atoms with E-state index in [9.17, 15) is 9.18 Å². The van der Waals surface area contributed by atoms with Crippen LogP contribution >= 0.6 is 11.3 Å². The monoisotopic (exact) mass is 408 g/mol. The standard InChI is InChI=1S/C23H21FN2O2S/c1-13-8-9-19(28-4)18(10-13)20-14(2)29-22-21(20)23(27)26(15(3)25-22)12-16-6-5-7-17(24)11-16/h5-11H,12H2,1-4H3. The molecule has 6 heteroatoms. The molecule has 0 amide bonds. The Morgan fingerprint density at radius 2 is 1.93 bits per heavy atom. The number of aryl methyl sites for hydroxylation is 3. The lowest BCUT2D eigenvalue weighted by Crippen LogP contribution is -2.24. The summed E-state index contributed by atoms with van der Waals surface area (Å²) in [5, 5.41) is 0.582. The fraction of sp³-hybridized carbons (Fsp3) is 0.217. The number of hydrogen-bond donors (Lipinski definition) is 0. The Labute approximate surface area is 172 Å². The molecule has 4 nitrogen and oxygen atoms in total. The van der Waals surface area contributed by atoms with Gasteiger partial charge < -0.3 is 4.74 Å². The number of fused-ring (bicyclic) bond motifs is 1. The molecule has 0 unspecified atom stereocenters. The van der Waals surface area contributed by atoms with E-state index in [0.29, 0.717) is 16.0 Å². The van der Waals surface area contributed by atoms with Crippen molar-refractivity contribution in [2.75, 3.05) is 7.11 Å². The number of hydrogen-bond acceptors (Lipinski definition) is 4. The summed E-state index contributed by atoms with van der Waals surface area (Å²) in [5.41, 5.74) is 3.42. The zero-order chi connectivity index (χ0) is 20.7. The van der Waals surface area contributed by atoms with Crippen molar-refractivity contribution in [2.45, 2.75) is 27.3 Å². The first-order chi connectivity index (χ1) is 13.9. The van der Waals surface area contributed by atoms with Crippen molar-refractivity contribution in [3.63, 3.8) is 0 Å². The van der Waals surface area contributed by atoms with Gasteiger partial charge in [-0.25, -0.2) is 9.37 Å². The number of nitrogens with zero attached hydrogens (tertiary/aromatic N) is 2. The SMILES string of the molecule is COc1ccc(C)cc1-c1c(C)sc2nc(C)n(Cc3cccc(F)c3)c(=O)c12. The molecule has 4 aromatic rings. The minimum absolute atomic E-state index is 0.125. The van der Waals surface area contributed by atoms with Crippen LogP contribution in [-0.2, 0) is 6.54 Å². The van der Waals surface area contributed by atoms with Gasteiger partial charge in [0.15, 0.2) is 0 Å².